The highest BCUT2D eigenvalue weighted by molar-refractivity contribution is 6.26. The number of nitrogens with zero attached hydrogens (tertiary/aromatic N) is 3. The number of carbonyl (C=O) groups excluding carboxylic acids is 1. The van der Waals surface area contributed by atoms with E-state index in [9.17, 15) is 4.79 Å². The highest BCUT2D eigenvalue weighted by Gasteiger charge is 2.39. The standard InChI is InChI=1S/C18H21N3O3/c1-11-8-21(10-18(2,3)24-11)9-14-19-15-12-6-4-5-7-13(12)23-16(15)17(22)20-14/h4-7,11,16H,8-10H2,1-3H3. The maximum absolute atomic E-state index is 12.4. The largest absolute Gasteiger partial charge is 0.473 e. The third-order valence-electron chi connectivity index (χ3n) is 4.37. The Kier molecular flexibility index (Phi) is 3.54. The van der Waals surface area contributed by atoms with E-state index in [4.69, 9.17) is 9.47 Å². The van der Waals surface area contributed by atoms with Crippen LogP contribution in [0.1, 0.15) is 26.3 Å². The zero-order chi connectivity index (χ0) is 16.9. The fourth-order valence-electron chi connectivity index (χ4n) is 3.72. The molecule has 4 rings (SSSR count). The summed E-state index contributed by atoms with van der Waals surface area (Å²) < 4.78 is 11.6. The minimum atomic E-state index is -0.689. The molecule has 1 aromatic carbocycles. The van der Waals surface area contributed by atoms with E-state index >= 15 is 0 Å². The van der Waals surface area contributed by atoms with Crippen molar-refractivity contribution in [3.63, 3.8) is 0 Å². The van der Waals surface area contributed by atoms with E-state index in [1.165, 1.54) is 0 Å². The molecule has 3 aliphatic rings. The lowest BCUT2D eigenvalue weighted by atomic mass is 10.0. The molecule has 0 radical (unpaired) electrons. The van der Waals surface area contributed by atoms with Gasteiger partial charge in [-0.05, 0) is 32.9 Å². The first-order valence-corrected chi connectivity index (χ1v) is 8.27. The summed E-state index contributed by atoms with van der Waals surface area (Å²) in [5.41, 5.74) is 1.36. The molecule has 0 bridgehead atoms. The molecule has 3 heterocycles. The average molecular weight is 327 g/mol. The number of benzene rings is 1. The molecule has 3 aliphatic heterocycles. The van der Waals surface area contributed by atoms with Gasteiger partial charge in [-0.1, -0.05) is 12.1 Å². The van der Waals surface area contributed by atoms with E-state index in [0.717, 1.165) is 18.7 Å². The molecule has 24 heavy (non-hydrogen) atoms. The van der Waals surface area contributed by atoms with E-state index in [1.54, 1.807) is 0 Å². The maximum atomic E-state index is 12.4. The van der Waals surface area contributed by atoms with Gasteiger partial charge in [-0.3, -0.25) is 9.69 Å². The number of carbonyl (C=O) groups is 1. The third-order valence-corrected chi connectivity index (χ3v) is 4.37. The molecule has 0 aromatic heterocycles. The van der Waals surface area contributed by atoms with Crippen LogP contribution in [0.2, 0.25) is 0 Å². The molecule has 1 amide bonds. The van der Waals surface area contributed by atoms with Crippen LogP contribution in [0.3, 0.4) is 0 Å². The molecule has 6 nitrogen and oxygen atoms in total. The zero-order valence-corrected chi connectivity index (χ0v) is 14.2. The Balaban J connectivity index is 1.58. The number of fused-ring (bicyclic) bond motifs is 3. The van der Waals surface area contributed by atoms with Crippen molar-refractivity contribution in [3.8, 4) is 5.75 Å². The van der Waals surface area contributed by atoms with Gasteiger partial charge >= 0.3 is 0 Å². The van der Waals surface area contributed by atoms with Crippen LogP contribution >= 0.6 is 0 Å². The molecule has 6 heteroatoms. The lowest BCUT2D eigenvalue weighted by molar-refractivity contribution is -0.125. The summed E-state index contributed by atoms with van der Waals surface area (Å²) in [5, 5.41) is 0. The van der Waals surface area contributed by atoms with Crippen molar-refractivity contribution in [2.75, 3.05) is 19.6 Å². The maximum Gasteiger partial charge on any atom is 0.294 e. The first-order valence-electron chi connectivity index (χ1n) is 8.27. The van der Waals surface area contributed by atoms with E-state index in [1.807, 2.05) is 24.3 Å². The van der Waals surface area contributed by atoms with E-state index in [0.29, 0.717) is 23.8 Å². The van der Waals surface area contributed by atoms with Gasteiger partial charge in [0.1, 0.15) is 17.3 Å². The normalized spacial score (nSPS) is 28.5. The summed E-state index contributed by atoms with van der Waals surface area (Å²) in [6, 6.07) is 7.61. The molecule has 1 saturated heterocycles. The number of ether oxygens (including phenoxy) is 2. The third kappa shape index (κ3) is 2.76. The molecule has 2 unspecified atom stereocenters. The van der Waals surface area contributed by atoms with Crippen LogP contribution < -0.4 is 4.74 Å². The summed E-state index contributed by atoms with van der Waals surface area (Å²) in [6.45, 7) is 8.34. The van der Waals surface area contributed by atoms with E-state index in [2.05, 4.69) is 35.7 Å². The van der Waals surface area contributed by atoms with Crippen LogP contribution in [-0.2, 0) is 9.53 Å². The first-order chi connectivity index (χ1) is 11.4. The van der Waals surface area contributed by atoms with Crippen molar-refractivity contribution < 1.29 is 14.3 Å². The quantitative estimate of drug-likeness (QED) is 0.829. The number of para-hydroxylation sites is 1. The molecule has 126 valence electrons. The summed E-state index contributed by atoms with van der Waals surface area (Å²) in [7, 11) is 0. The van der Waals surface area contributed by atoms with Crippen molar-refractivity contribution >= 4 is 17.5 Å². The van der Waals surface area contributed by atoms with Gasteiger partial charge in [0.2, 0.25) is 6.10 Å². The van der Waals surface area contributed by atoms with Crippen LogP contribution in [0, 0.1) is 0 Å². The minimum Gasteiger partial charge on any atom is -0.473 e. The van der Waals surface area contributed by atoms with Crippen molar-refractivity contribution in [2.24, 2.45) is 9.98 Å². The summed E-state index contributed by atoms with van der Waals surface area (Å²) in [5.74, 6) is 0.982. The second-order valence-electron chi connectivity index (χ2n) is 7.22. The van der Waals surface area contributed by atoms with Gasteiger partial charge in [-0.25, -0.2) is 4.99 Å². The number of amides is 1. The Bertz CT molecular complexity index is 754. The van der Waals surface area contributed by atoms with Crippen molar-refractivity contribution in [1.29, 1.82) is 0 Å². The summed E-state index contributed by atoms with van der Waals surface area (Å²) in [4.78, 5) is 23.4. The lowest BCUT2D eigenvalue weighted by Gasteiger charge is -2.41. The van der Waals surface area contributed by atoms with Gasteiger partial charge in [0.05, 0.1) is 18.2 Å². The predicted molar refractivity (Wildman–Crippen MR) is 90.9 cm³/mol. The second kappa shape index (κ2) is 5.50. The van der Waals surface area contributed by atoms with Crippen LogP contribution in [0.25, 0.3) is 0 Å². The van der Waals surface area contributed by atoms with E-state index < -0.39 is 6.10 Å². The van der Waals surface area contributed by atoms with Gasteiger partial charge < -0.3 is 9.47 Å². The Morgan fingerprint density at radius 3 is 2.88 bits per heavy atom. The van der Waals surface area contributed by atoms with Crippen LogP contribution in [0.5, 0.6) is 5.75 Å². The van der Waals surface area contributed by atoms with Gasteiger partial charge in [0, 0.05) is 18.7 Å². The average Bonchev–Trinajstić information content (AvgIpc) is 2.84. The lowest BCUT2D eigenvalue weighted by Crippen LogP contribution is -2.53. The molecule has 2 atom stereocenters. The summed E-state index contributed by atoms with van der Waals surface area (Å²) >= 11 is 0. The van der Waals surface area contributed by atoms with Gasteiger partial charge in [0.25, 0.3) is 5.91 Å². The van der Waals surface area contributed by atoms with Gasteiger partial charge in [0.15, 0.2) is 0 Å². The van der Waals surface area contributed by atoms with Crippen LogP contribution in [-0.4, -0.2) is 59.8 Å². The number of amidine groups is 1. The molecule has 0 spiro atoms. The second-order valence-corrected chi connectivity index (χ2v) is 7.22. The molecular weight excluding hydrogens is 306 g/mol. The first kappa shape index (κ1) is 15.5. The van der Waals surface area contributed by atoms with Gasteiger partial charge in [-0.15, -0.1) is 0 Å². The molecule has 0 aliphatic carbocycles. The van der Waals surface area contributed by atoms with Crippen LogP contribution in [0.15, 0.2) is 34.3 Å². The molecule has 1 fully saturated rings. The monoisotopic (exact) mass is 327 g/mol. The zero-order valence-electron chi connectivity index (χ0n) is 14.2. The molecule has 0 saturated carbocycles. The van der Waals surface area contributed by atoms with Crippen LogP contribution in [0.4, 0.5) is 0 Å². The molecule has 1 aromatic rings. The number of hydrogen-bond acceptors (Lipinski definition) is 5. The van der Waals surface area contributed by atoms with Crippen molar-refractivity contribution in [3.05, 3.63) is 29.8 Å². The fraction of sp³-hybridized carbons (Fsp3) is 0.500. The van der Waals surface area contributed by atoms with Crippen molar-refractivity contribution in [1.82, 2.24) is 4.90 Å². The minimum absolute atomic E-state index is 0.143. The number of rotatable bonds is 2. The highest BCUT2D eigenvalue weighted by Crippen LogP contribution is 2.31. The smallest absolute Gasteiger partial charge is 0.294 e. The SMILES string of the molecule is CC1CN(CC2=NC(=O)C3Oc4ccccc4C3=N2)CC(C)(C)O1. The topological polar surface area (TPSA) is 63.5 Å². The Morgan fingerprint density at radius 1 is 1.29 bits per heavy atom. The fourth-order valence-corrected chi connectivity index (χ4v) is 3.72. The Morgan fingerprint density at radius 2 is 2.08 bits per heavy atom. The number of aliphatic imine (C=N–C) groups is 2. The summed E-state index contributed by atoms with van der Waals surface area (Å²) in [6.07, 6.45) is -0.546. The molecular formula is C18H21N3O3. The predicted octanol–water partition coefficient (Wildman–Crippen LogP) is 1.67. The number of morpholine rings is 1. The number of hydrogen-bond donors (Lipinski definition) is 0. The highest BCUT2D eigenvalue weighted by atomic mass is 16.5. The van der Waals surface area contributed by atoms with Gasteiger partial charge in [-0.2, -0.15) is 4.99 Å². The Hall–Kier alpha value is -2.05. The van der Waals surface area contributed by atoms with E-state index in [-0.39, 0.29) is 17.6 Å². The molecule has 0 N–H and O–H groups in total. The Labute approximate surface area is 141 Å². The van der Waals surface area contributed by atoms with Crippen molar-refractivity contribution in [2.45, 2.75) is 38.6 Å².